The number of halogens is 1. The molecular weight excluding hydrogens is 537 g/mol. The summed E-state index contributed by atoms with van der Waals surface area (Å²) in [5.41, 5.74) is 9.59. The molecule has 2 aromatic carbocycles. The van der Waals surface area contributed by atoms with Crippen molar-refractivity contribution in [3.63, 3.8) is 0 Å². The number of nitrogens with one attached hydrogen (secondary N) is 2. The van der Waals surface area contributed by atoms with E-state index >= 15 is 0 Å². The highest BCUT2D eigenvalue weighted by molar-refractivity contribution is 6.06. The molecule has 1 aromatic heterocycles. The number of nitrogens with two attached hydrogens (primary N) is 1. The number of amides is 2. The van der Waals surface area contributed by atoms with Crippen molar-refractivity contribution in [3.8, 4) is 11.1 Å². The molecule has 1 aliphatic heterocycles. The average molecular weight is 578 g/mol. The third-order valence-electron chi connectivity index (χ3n) is 8.26. The molecular formula is C32H40FN5O4. The van der Waals surface area contributed by atoms with E-state index in [2.05, 4.69) is 24.5 Å². The molecule has 2 aliphatic rings. The van der Waals surface area contributed by atoms with Crippen molar-refractivity contribution < 1.29 is 23.5 Å². The number of fused-ring (bicyclic) bond motifs is 3. The lowest BCUT2D eigenvalue weighted by atomic mass is 9.80. The first-order valence-electron chi connectivity index (χ1n) is 14.6. The first-order valence-corrected chi connectivity index (χ1v) is 14.6. The minimum absolute atomic E-state index is 0.0550. The Kier molecular flexibility index (Phi) is 8.28. The Balaban J connectivity index is 1.39. The molecule has 2 amide bonds. The van der Waals surface area contributed by atoms with Gasteiger partial charge in [-0.15, -0.1) is 0 Å². The Hall–Kier alpha value is -3.92. The summed E-state index contributed by atoms with van der Waals surface area (Å²) in [5.74, 6) is -0.998. The van der Waals surface area contributed by atoms with Crippen LogP contribution >= 0.6 is 0 Å². The third-order valence-corrected chi connectivity index (χ3v) is 8.26. The number of benzene rings is 2. The van der Waals surface area contributed by atoms with Crippen LogP contribution in [0.4, 0.5) is 14.9 Å². The molecule has 4 N–H and O–H groups in total. The molecule has 42 heavy (non-hydrogen) atoms. The normalized spacial score (nSPS) is 19.9. The number of aromatic nitrogens is 1. The van der Waals surface area contributed by atoms with Crippen LogP contribution in [-0.4, -0.2) is 66.7 Å². The van der Waals surface area contributed by atoms with Gasteiger partial charge in [-0.1, -0.05) is 19.9 Å². The van der Waals surface area contributed by atoms with Crippen LogP contribution in [0.15, 0.2) is 36.4 Å². The minimum Gasteiger partial charge on any atom is -0.446 e. The van der Waals surface area contributed by atoms with Gasteiger partial charge in [-0.05, 0) is 87.5 Å². The molecule has 3 aromatic rings. The average Bonchev–Trinajstić information content (AvgIpc) is 3.21. The number of hydrogen-bond donors (Lipinski definition) is 3. The predicted molar refractivity (Wildman–Crippen MR) is 161 cm³/mol. The van der Waals surface area contributed by atoms with Gasteiger partial charge in [-0.3, -0.25) is 14.2 Å². The van der Waals surface area contributed by atoms with Crippen molar-refractivity contribution in [1.29, 1.82) is 0 Å². The molecule has 5 rings (SSSR count). The Labute approximate surface area is 245 Å². The Morgan fingerprint density at radius 2 is 1.83 bits per heavy atom. The zero-order valence-electron chi connectivity index (χ0n) is 24.8. The summed E-state index contributed by atoms with van der Waals surface area (Å²) >= 11 is 0. The van der Waals surface area contributed by atoms with Crippen LogP contribution in [0.1, 0.15) is 66.8 Å². The molecule has 10 heteroatoms. The van der Waals surface area contributed by atoms with E-state index < -0.39 is 17.8 Å². The second-order valence-corrected chi connectivity index (χ2v) is 12.6. The maximum absolute atomic E-state index is 14.3. The predicted octanol–water partition coefficient (Wildman–Crippen LogP) is 5.17. The summed E-state index contributed by atoms with van der Waals surface area (Å²) in [7, 11) is 3.89. The highest BCUT2D eigenvalue weighted by Crippen LogP contribution is 2.43. The third kappa shape index (κ3) is 6.28. The number of rotatable bonds is 8. The van der Waals surface area contributed by atoms with Gasteiger partial charge in [0.25, 0.3) is 5.91 Å². The summed E-state index contributed by atoms with van der Waals surface area (Å²) in [6, 6.07) is 10.1. The smallest absolute Gasteiger partial charge is 0.407 e. The van der Waals surface area contributed by atoms with Crippen molar-refractivity contribution in [2.75, 3.05) is 32.5 Å². The second-order valence-electron chi connectivity index (χ2n) is 12.6. The van der Waals surface area contributed by atoms with Gasteiger partial charge in [0.15, 0.2) is 0 Å². The molecule has 1 aliphatic carbocycles. The van der Waals surface area contributed by atoms with Gasteiger partial charge in [-0.2, -0.15) is 0 Å². The maximum Gasteiger partial charge on any atom is 0.407 e. The van der Waals surface area contributed by atoms with Crippen LogP contribution in [0.3, 0.4) is 0 Å². The van der Waals surface area contributed by atoms with Gasteiger partial charge < -0.3 is 26.0 Å². The highest BCUT2D eigenvalue weighted by atomic mass is 19.1. The van der Waals surface area contributed by atoms with Crippen LogP contribution < -0.4 is 16.4 Å². The van der Waals surface area contributed by atoms with E-state index in [9.17, 15) is 18.8 Å². The fraction of sp³-hybridized carbons (Fsp3) is 0.469. The number of primary amides is 1. The number of carbonyl (C=O) groups excluding carboxylic acids is 3. The lowest BCUT2D eigenvalue weighted by molar-refractivity contribution is 0.0728. The summed E-state index contributed by atoms with van der Waals surface area (Å²) in [6.45, 7) is 5.39. The molecule has 0 saturated heterocycles. The highest BCUT2D eigenvalue weighted by Gasteiger charge is 2.35. The number of hydrogen-bond acceptors (Lipinski definition) is 6. The standard InChI is InChI=1S/C32H40FN5O4/c1-32(2)17-27-29(24-12-6-20(33)16-26(24)38(27)28(39)18-32)19-5-11-23(30(34)40)25(15-19)36-21-7-9-22(10-8-21)42-31(41)35-13-14-37(3)4/h5-6,11-12,15-16,21-22,36H,7-10,13-14,17-18H2,1-4H3,(H2,34,40)(H,35,41). The van der Waals surface area contributed by atoms with Gasteiger partial charge in [0.05, 0.1) is 11.1 Å². The van der Waals surface area contributed by atoms with Crippen LogP contribution in [0.25, 0.3) is 22.0 Å². The lowest BCUT2D eigenvalue weighted by Crippen LogP contribution is -2.36. The number of nitrogens with zero attached hydrogens (tertiary/aromatic N) is 2. The van der Waals surface area contributed by atoms with Crippen molar-refractivity contribution >= 4 is 34.5 Å². The number of anilines is 1. The number of alkyl carbamates (subject to hydrolysis) is 1. The van der Waals surface area contributed by atoms with Crippen LogP contribution in [-0.2, 0) is 11.2 Å². The van der Waals surface area contributed by atoms with E-state index in [-0.39, 0.29) is 23.5 Å². The lowest BCUT2D eigenvalue weighted by Gasteiger charge is -2.31. The van der Waals surface area contributed by atoms with Crippen molar-refractivity contribution in [2.45, 2.75) is 64.5 Å². The molecule has 0 spiro atoms. The Bertz CT molecular complexity index is 1520. The summed E-state index contributed by atoms with van der Waals surface area (Å²) in [4.78, 5) is 39.8. The van der Waals surface area contributed by atoms with Gasteiger partial charge in [0, 0.05) is 47.9 Å². The van der Waals surface area contributed by atoms with E-state index in [1.54, 1.807) is 16.7 Å². The number of carbonyl (C=O) groups is 3. The molecule has 0 atom stereocenters. The van der Waals surface area contributed by atoms with Crippen LogP contribution in [0.5, 0.6) is 0 Å². The van der Waals surface area contributed by atoms with Gasteiger partial charge >= 0.3 is 6.09 Å². The molecule has 9 nitrogen and oxygen atoms in total. The first kappa shape index (κ1) is 29.6. The van der Waals surface area contributed by atoms with E-state index in [4.69, 9.17) is 10.5 Å². The summed E-state index contributed by atoms with van der Waals surface area (Å²) in [6.07, 6.45) is 3.37. The molecule has 0 radical (unpaired) electrons. The molecule has 1 fully saturated rings. The number of likely N-dealkylation sites (N-methyl/N-ethyl adjacent to an activating group) is 1. The summed E-state index contributed by atoms with van der Waals surface area (Å²) < 4.78 is 21.6. The molecule has 224 valence electrons. The zero-order valence-corrected chi connectivity index (χ0v) is 24.8. The maximum atomic E-state index is 14.3. The van der Waals surface area contributed by atoms with Crippen LogP contribution in [0.2, 0.25) is 0 Å². The largest absolute Gasteiger partial charge is 0.446 e. The van der Waals surface area contributed by atoms with E-state index in [0.717, 1.165) is 41.6 Å². The quantitative estimate of drug-likeness (QED) is 0.340. The zero-order chi connectivity index (χ0) is 30.2. The fourth-order valence-corrected chi connectivity index (χ4v) is 6.25. The second kappa shape index (κ2) is 11.8. The molecule has 2 heterocycles. The minimum atomic E-state index is -0.544. The first-order chi connectivity index (χ1) is 19.9. The topological polar surface area (TPSA) is 119 Å². The molecule has 1 saturated carbocycles. The Morgan fingerprint density at radius 1 is 1.10 bits per heavy atom. The molecule has 0 bridgehead atoms. The molecule has 0 unspecified atom stereocenters. The van der Waals surface area contributed by atoms with Gasteiger partial charge in [-0.25, -0.2) is 9.18 Å². The number of ether oxygens (including phenoxy) is 1. The monoisotopic (exact) mass is 577 g/mol. The van der Waals surface area contributed by atoms with E-state index in [1.807, 2.05) is 31.1 Å². The summed E-state index contributed by atoms with van der Waals surface area (Å²) in [5, 5.41) is 7.09. The van der Waals surface area contributed by atoms with Gasteiger partial charge in [0.1, 0.15) is 11.9 Å². The van der Waals surface area contributed by atoms with Crippen molar-refractivity contribution in [2.24, 2.45) is 11.1 Å². The van der Waals surface area contributed by atoms with E-state index in [0.29, 0.717) is 49.0 Å². The van der Waals surface area contributed by atoms with Crippen LogP contribution in [0, 0.1) is 11.2 Å². The Morgan fingerprint density at radius 3 is 2.52 bits per heavy atom. The fourth-order valence-electron chi connectivity index (χ4n) is 6.25. The van der Waals surface area contributed by atoms with Gasteiger partial charge in [0.2, 0.25) is 5.91 Å². The van der Waals surface area contributed by atoms with E-state index in [1.165, 1.54) is 12.1 Å². The SMILES string of the molecule is CN(C)CCNC(=O)OC1CCC(Nc2cc(-c3c4n(c5cc(F)ccc35)C(=O)CC(C)(C)C4)ccc2C(N)=O)CC1. The van der Waals surface area contributed by atoms with Crippen molar-refractivity contribution in [1.82, 2.24) is 14.8 Å². The van der Waals surface area contributed by atoms with Crippen molar-refractivity contribution in [3.05, 3.63) is 53.5 Å².